The lowest BCUT2D eigenvalue weighted by atomic mass is 9.98. The fourth-order valence-corrected chi connectivity index (χ4v) is 2.27. The molecule has 19 heavy (non-hydrogen) atoms. The standard InChI is InChI=1S/C16H33NO2/c1-5-7-8-9-10-11-12-13-14-15(6-2)16(18)19-17(3)4/h15H,5-14H2,1-4H3. The predicted octanol–water partition coefficient (Wildman–Crippen LogP) is 4.56. The number of unbranched alkanes of at least 4 members (excludes halogenated alkanes) is 7. The second-order valence-electron chi connectivity index (χ2n) is 5.59. The lowest BCUT2D eigenvalue weighted by Crippen LogP contribution is -2.24. The van der Waals surface area contributed by atoms with E-state index in [-0.39, 0.29) is 11.9 Å². The Morgan fingerprint density at radius 3 is 1.95 bits per heavy atom. The van der Waals surface area contributed by atoms with Gasteiger partial charge in [0, 0.05) is 14.1 Å². The molecule has 0 amide bonds. The summed E-state index contributed by atoms with van der Waals surface area (Å²) < 4.78 is 0. The topological polar surface area (TPSA) is 29.5 Å². The molecular formula is C16H33NO2. The van der Waals surface area contributed by atoms with Gasteiger partial charge in [0.2, 0.25) is 0 Å². The molecule has 0 radical (unpaired) electrons. The van der Waals surface area contributed by atoms with Crippen molar-refractivity contribution in [1.82, 2.24) is 5.06 Å². The van der Waals surface area contributed by atoms with Crippen LogP contribution in [0.2, 0.25) is 0 Å². The molecule has 0 saturated carbocycles. The van der Waals surface area contributed by atoms with Crippen molar-refractivity contribution in [3.8, 4) is 0 Å². The summed E-state index contributed by atoms with van der Waals surface area (Å²) in [6.45, 7) is 4.31. The molecule has 1 atom stereocenters. The van der Waals surface area contributed by atoms with Crippen LogP contribution in [0.5, 0.6) is 0 Å². The first-order valence-corrected chi connectivity index (χ1v) is 8.00. The van der Waals surface area contributed by atoms with Crippen LogP contribution in [-0.4, -0.2) is 25.1 Å². The van der Waals surface area contributed by atoms with Crippen molar-refractivity contribution in [2.24, 2.45) is 5.92 Å². The van der Waals surface area contributed by atoms with Gasteiger partial charge in [0.05, 0.1) is 5.92 Å². The molecule has 0 spiro atoms. The summed E-state index contributed by atoms with van der Waals surface area (Å²) in [5.74, 6) is -0.00191. The molecule has 3 nitrogen and oxygen atoms in total. The zero-order valence-electron chi connectivity index (χ0n) is 13.4. The Kier molecular flexibility index (Phi) is 12.1. The van der Waals surface area contributed by atoms with Crippen LogP contribution < -0.4 is 0 Å². The van der Waals surface area contributed by atoms with Gasteiger partial charge in [-0.3, -0.25) is 4.79 Å². The molecule has 0 bridgehead atoms. The van der Waals surface area contributed by atoms with Crippen LogP contribution in [0, 0.1) is 5.92 Å². The van der Waals surface area contributed by atoms with Crippen molar-refractivity contribution in [3.63, 3.8) is 0 Å². The average Bonchev–Trinajstić information content (AvgIpc) is 2.36. The van der Waals surface area contributed by atoms with Gasteiger partial charge in [-0.05, 0) is 12.8 Å². The van der Waals surface area contributed by atoms with Gasteiger partial charge in [-0.1, -0.05) is 65.2 Å². The second-order valence-corrected chi connectivity index (χ2v) is 5.59. The largest absolute Gasteiger partial charge is 0.368 e. The normalized spacial score (nSPS) is 12.7. The summed E-state index contributed by atoms with van der Waals surface area (Å²) in [6, 6.07) is 0. The summed E-state index contributed by atoms with van der Waals surface area (Å²) in [7, 11) is 3.50. The molecule has 0 rings (SSSR count). The number of nitrogens with zero attached hydrogens (tertiary/aromatic N) is 1. The van der Waals surface area contributed by atoms with Gasteiger partial charge in [0.25, 0.3) is 0 Å². The SMILES string of the molecule is CCCCCCCCCCC(CC)C(=O)ON(C)C. The van der Waals surface area contributed by atoms with Crippen molar-refractivity contribution < 1.29 is 9.63 Å². The quantitative estimate of drug-likeness (QED) is 0.385. The third-order valence-electron chi connectivity index (χ3n) is 3.50. The monoisotopic (exact) mass is 271 g/mol. The fourth-order valence-electron chi connectivity index (χ4n) is 2.27. The van der Waals surface area contributed by atoms with Crippen LogP contribution in [0.1, 0.15) is 78.1 Å². The Balaban J connectivity index is 3.53. The Morgan fingerprint density at radius 1 is 0.947 bits per heavy atom. The molecule has 0 heterocycles. The van der Waals surface area contributed by atoms with Crippen LogP contribution in [0.25, 0.3) is 0 Å². The maximum absolute atomic E-state index is 11.8. The van der Waals surface area contributed by atoms with E-state index in [1.165, 1.54) is 50.0 Å². The van der Waals surface area contributed by atoms with E-state index in [1.54, 1.807) is 14.1 Å². The molecule has 0 aliphatic rings. The molecule has 0 saturated heterocycles. The van der Waals surface area contributed by atoms with Crippen LogP contribution in [-0.2, 0) is 9.63 Å². The van der Waals surface area contributed by atoms with E-state index in [0.29, 0.717) is 0 Å². The van der Waals surface area contributed by atoms with E-state index in [4.69, 9.17) is 4.84 Å². The maximum atomic E-state index is 11.8. The van der Waals surface area contributed by atoms with Crippen LogP contribution >= 0.6 is 0 Å². The molecule has 0 aromatic heterocycles. The number of hydrogen-bond acceptors (Lipinski definition) is 3. The first-order chi connectivity index (χ1) is 9.11. The summed E-state index contributed by atoms with van der Waals surface area (Å²) in [5.41, 5.74) is 0. The fraction of sp³-hybridized carbons (Fsp3) is 0.938. The number of hydrogen-bond donors (Lipinski definition) is 0. The molecule has 0 aliphatic carbocycles. The van der Waals surface area contributed by atoms with E-state index >= 15 is 0 Å². The lowest BCUT2D eigenvalue weighted by molar-refractivity contribution is -0.184. The highest BCUT2D eigenvalue weighted by Crippen LogP contribution is 2.17. The highest BCUT2D eigenvalue weighted by Gasteiger charge is 2.18. The summed E-state index contributed by atoms with van der Waals surface area (Å²) in [4.78, 5) is 16.9. The van der Waals surface area contributed by atoms with Crippen molar-refractivity contribution in [1.29, 1.82) is 0 Å². The number of carbonyl (C=O) groups excluding carboxylic acids is 1. The van der Waals surface area contributed by atoms with Gasteiger partial charge in [0.15, 0.2) is 0 Å². The molecule has 0 fully saturated rings. The average molecular weight is 271 g/mol. The summed E-state index contributed by atoms with van der Waals surface area (Å²) in [5, 5.41) is 1.48. The Morgan fingerprint density at radius 2 is 1.47 bits per heavy atom. The van der Waals surface area contributed by atoms with Gasteiger partial charge < -0.3 is 4.84 Å². The third kappa shape index (κ3) is 11.0. The molecule has 114 valence electrons. The number of carbonyl (C=O) groups is 1. The third-order valence-corrected chi connectivity index (χ3v) is 3.50. The van der Waals surface area contributed by atoms with Gasteiger partial charge in [0.1, 0.15) is 0 Å². The Hall–Kier alpha value is -0.570. The molecule has 0 aromatic rings. The summed E-state index contributed by atoms with van der Waals surface area (Å²) >= 11 is 0. The smallest absolute Gasteiger partial charge is 0.328 e. The summed E-state index contributed by atoms with van der Waals surface area (Å²) in [6.07, 6.45) is 12.3. The van der Waals surface area contributed by atoms with E-state index in [1.807, 2.05) is 0 Å². The van der Waals surface area contributed by atoms with Crippen LogP contribution in [0.3, 0.4) is 0 Å². The molecular weight excluding hydrogens is 238 g/mol. The van der Waals surface area contributed by atoms with Crippen molar-refractivity contribution in [2.75, 3.05) is 14.1 Å². The highest BCUT2D eigenvalue weighted by atomic mass is 16.7. The zero-order chi connectivity index (χ0) is 14.5. The van der Waals surface area contributed by atoms with Crippen LogP contribution in [0.15, 0.2) is 0 Å². The minimum atomic E-state index is -0.0737. The molecule has 0 N–H and O–H groups in total. The number of hydroxylamine groups is 2. The molecule has 3 heteroatoms. The van der Waals surface area contributed by atoms with Gasteiger partial charge in [-0.25, -0.2) is 0 Å². The lowest BCUT2D eigenvalue weighted by Gasteiger charge is -2.16. The number of rotatable bonds is 12. The van der Waals surface area contributed by atoms with E-state index in [0.717, 1.165) is 19.3 Å². The van der Waals surface area contributed by atoms with E-state index < -0.39 is 0 Å². The molecule has 0 aromatic carbocycles. The first-order valence-electron chi connectivity index (χ1n) is 8.00. The van der Waals surface area contributed by atoms with E-state index in [9.17, 15) is 4.79 Å². The van der Waals surface area contributed by atoms with Crippen molar-refractivity contribution in [3.05, 3.63) is 0 Å². The van der Waals surface area contributed by atoms with Crippen molar-refractivity contribution in [2.45, 2.75) is 78.1 Å². The minimum absolute atomic E-state index is 0.0718. The van der Waals surface area contributed by atoms with E-state index in [2.05, 4.69) is 13.8 Å². The van der Waals surface area contributed by atoms with Gasteiger partial charge >= 0.3 is 5.97 Å². The van der Waals surface area contributed by atoms with Gasteiger partial charge in [-0.15, -0.1) is 5.06 Å². The van der Waals surface area contributed by atoms with Crippen molar-refractivity contribution >= 4 is 5.97 Å². The second kappa shape index (κ2) is 12.5. The molecule has 0 aliphatic heterocycles. The highest BCUT2D eigenvalue weighted by molar-refractivity contribution is 5.71. The van der Waals surface area contributed by atoms with Gasteiger partial charge in [-0.2, -0.15) is 0 Å². The minimum Gasteiger partial charge on any atom is -0.368 e. The Bertz CT molecular complexity index is 217. The Labute approximate surface area is 119 Å². The zero-order valence-corrected chi connectivity index (χ0v) is 13.4. The predicted molar refractivity (Wildman–Crippen MR) is 80.8 cm³/mol. The maximum Gasteiger partial charge on any atom is 0.328 e. The van der Waals surface area contributed by atoms with Crippen LogP contribution in [0.4, 0.5) is 0 Å². The molecule has 1 unspecified atom stereocenters. The first kappa shape index (κ1) is 18.4.